The number of benzene rings is 3. The number of hydrogen-bond donors (Lipinski definition) is 2. The van der Waals surface area contributed by atoms with Gasteiger partial charge in [-0.1, -0.05) is 60.7 Å². The molecule has 4 nitrogen and oxygen atoms in total. The van der Waals surface area contributed by atoms with E-state index in [1.807, 2.05) is 12.1 Å². The number of carbonyl (C=O) groups is 2. The van der Waals surface area contributed by atoms with Gasteiger partial charge in [0.2, 0.25) is 5.91 Å². The average Bonchev–Trinajstić information content (AvgIpc) is 2.71. The molecule has 0 spiro atoms. The van der Waals surface area contributed by atoms with Crippen LogP contribution in [0.2, 0.25) is 0 Å². The molecule has 3 rings (SSSR count). The van der Waals surface area contributed by atoms with Crippen molar-refractivity contribution in [3.8, 4) is 0 Å². The van der Waals surface area contributed by atoms with Crippen LogP contribution in [0, 0.1) is 5.82 Å². The molecule has 0 saturated carbocycles. The number of nitrogens with one attached hydrogen (secondary N) is 2. The van der Waals surface area contributed by atoms with Gasteiger partial charge < -0.3 is 10.6 Å². The summed E-state index contributed by atoms with van der Waals surface area (Å²) in [4.78, 5) is 25.3. The monoisotopic (exact) mass is 362 g/mol. The molecule has 5 heteroatoms. The fraction of sp³-hybridized carbons (Fsp3) is 0.0909. The van der Waals surface area contributed by atoms with Gasteiger partial charge in [-0.3, -0.25) is 9.59 Å². The van der Waals surface area contributed by atoms with Crippen molar-refractivity contribution >= 4 is 11.8 Å². The minimum atomic E-state index is -0.854. The number of halogens is 1. The molecule has 0 fully saturated rings. The summed E-state index contributed by atoms with van der Waals surface area (Å²) in [5.74, 6) is -1.07. The molecule has 0 aliphatic rings. The molecule has 1 atom stereocenters. The van der Waals surface area contributed by atoms with Crippen molar-refractivity contribution in [2.75, 3.05) is 0 Å². The fourth-order valence-corrected chi connectivity index (χ4v) is 2.69. The van der Waals surface area contributed by atoms with Gasteiger partial charge in [0.05, 0.1) is 0 Å². The van der Waals surface area contributed by atoms with Crippen molar-refractivity contribution in [2.45, 2.75) is 12.6 Å². The molecule has 0 aliphatic heterocycles. The van der Waals surface area contributed by atoms with Gasteiger partial charge in [-0.25, -0.2) is 4.39 Å². The standard InChI is InChI=1S/C22H19FN2O2/c23-19-13-7-8-16(14-19)15-24-22(27)20(17-9-3-1-4-10-17)25-21(26)18-11-5-2-6-12-18/h1-14,20H,15H2,(H,24,27)(H,25,26). The lowest BCUT2D eigenvalue weighted by Crippen LogP contribution is -2.40. The largest absolute Gasteiger partial charge is 0.350 e. The molecule has 0 aromatic heterocycles. The van der Waals surface area contributed by atoms with Crippen LogP contribution in [-0.4, -0.2) is 11.8 Å². The Hall–Kier alpha value is -3.47. The molecule has 3 aromatic rings. The van der Waals surface area contributed by atoms with Crippen molar-refractivity contribution in [1.82, 2.24) is 10.6 Å². The van der Waals surface area contributed by atoms with Crippen LogP contribution in [0.3, 0.4) is 0 Å². The highest BCUT2D eigenvalue weighted by atomic mass is 19.1. The highest BCUT2D eigenvalue weighted by Gasteiger charge is 2.23. The normalized spacial score (nSPS) is 11.4. The summed E-state index contributed by atoms with van der Waals surface area (Å²) in [5, 5.41) is 5.53. The molecule has 0 aliphatic carbocycles. The van der Waals surface area contributed by atoms with E-state index in [9.17, 15) is 14.0 Å². The van der Waals surface area contributed by atoms with E-state index in [2.05, 4.69) is 10.6 Å². The zero-order chi connectivity index (χ0) is 19.1. The molecule has 0 radical (unpaired) electrons. The molecule has 0 bridgehead atoms. The average molecular weight is 362 g/mol. The van der Waals surface area contributed by atoms with Crippen molar-refractivity contribution in [1.29, 1.82) is 0 Å². The van der Waals surface area contributed by atoms with Crippen LogP contribution in [0.5, 0.6) is 0 Å². The maximum Gasteiger partial charge on any atom is 0.252 e. The van der Waals surface area contributed by atoms with Crippen LogP contribution in [0.4, 0.5) is 4.39 Å². The zero-order valence-electron chi connectivity index (χ0n) is 14.6. The van der Waals surface area contributed by atoms with Crippen LogP contribution < -0.4 is 10.6 Å². The summed E-state index contributed by atoms with van der Waals surface area (Å²) in [5.41, 5.74) is 1.78. The second-order valence-corrected chi connectivity index (χ2v) is 6.03. The van der Waals surface area contributed by atoms with Crippen LogP contribution >= 0.6 is 0 Å². The lowest BCUT2D eigenvalue weighted by Gasteiger charge is -2.19. The third-order valence-corrected chi connectivity index (χ3v) is 4.06. The van der Waals surface area contributed by atoms with Crippen LogP contribution in [0.15, 0.2) is 84.9 Å². The topological polar surface area (TPSA) is 58.2 Å². The molecular formula is C22H19FN2O2. The lowest BCUT2D eigenvalue weighted by molar-refractivity contribution is -0.123. The Bertz CT molecular complexity index is 914. The maximum absolute atomic E-state index is 13.3. The number of rotatable bonds is 6. The Labute approximate surface area is 157 Å². The van der Waals surface area contributed by atoms with E-state index in [1.54, 1.807) is 60.7 Å². The first-order valence-corrected chi connectivity index (χ1v) is 8.56. The first-order chi connectivity index (χ1) is 13.1. The molecule has 0 heterocycles. The van der Waals surface area contributed by atoms with E-state index in [4.69, 9.17) is 0 Å². The van der Waals surface area contributed by atoms with Gasteiger partial charge in [0.15, 0.2) is 0 Å². The Balaban J connectivity index is 1.75. The van der Waals surface area contributed by atoms with Gasteiger partial charge in [0, 0.05) is 12.1 Å². The highest BCUT2D eigenvalue weighted by molar-refractivity contribution is 5.97. The molecule has 0 saturated heterocycles. The van der Waals surface area contributed by atoms with Gasteiger partial charge in [-0.15, -0.1) is 0 Å². The van der Waals surface area contributed by atoms with Gasteiger partial charge in [0.25, 0.3) is 5.91 Å². The minimum Gasteiger partial charge on any atom is -0.350 e. The summed E-state index contributed by atoms with van der Waals surface area (Å²) in [6.45, 7) is 0.168. The molecule has 2 N–H and O–H groups in total. The summed E-state index contributed by atoms with van der Waals surface area (Å²) in [6, 6.07) is 22.9. The van der Waals surface area contributed by atoms with Crippen molar-refractivity contribution in [3.05, 3.63) is 107 Å². The van der Waals surface area contributed by atoms with Gasteiger partial charge >= 0.3 is 0 Å². The zero-order valence-corrected chi connectivity index (χ0v) is 14.6. The molecular weight excluding hydrogens is 343 g/mol. The molecule has 3 aromatic carbocycles. The lowest BCUT2D eigenvalue weighted by atomic mass is 10.0. The fourth-order valence-electron chi connectivity index (χ4n) is 2.69. The maximum atomic E-state index is 13.3. The molecule has 1 unspecified atom stereocenters. The quantitative estimate of drug-likeness (QED) is 0.704. The third kappa shape index (κ3) is 5.01. The Morgan fingerprint density at radius 2 is 1.52 bits per heavy atom. The second-order valence-electron chi connectivity index (χ2n) is 6.03. The van der Waals surface area contributed by atoms with Crippen LogP contribution in [-0.2, 0) is 11.3 Å². The second kappa shape index (κ2) is 8.76. The van der Waals surface area contributed by atoms with E-state index in [0.29, 0.717) is 16.7 Å². The smallest absolute Gasteiger partial charge is 0.252 e. The van der Waals surface area contributed by atoms with Crippen LogP contribution in [0.1, 0.15) is 27.5 Å². The van der Waals surface area contributed by atoms with E-state index in [0.717, 1.165) is 0 Å². The van der Waals surface area contributed by atoms with E-state index >= 15 is 0 Å². The molecule has 136 valence electrons. The van der Waals surface area contributed by atoms with Crippen LogP contribution in [0.25, 0.3) is 0 Å². The predicted octanol–water partition coefficient (Wildman–Crippen LogP) is 3.61. The van der Waals surface area contributed by atoms with Gasteiger partial charge in [-0.2, -0.15) is 0 Å². The van der Waals surface area contributed by atoms with E-state index in [-0.39, 0.29) is 24.2 Å². The summed E-state index contributed by atoms with van der Waals surface area (Å²) >= 11 is 0. The first-order valence-electron chi connectivity index (χ1n) is 8.56. The Morgan fingerprint density at radius 1 is 0.852 bits per heavy atom. The van der Waals surface area contributed by atoms with Crippen molar-refractivity contribution in [2.24, 2.45) is 0 Å². The van der Waals surface area contributed by atoms with Gasteiger partial charge in [0.1, 0.15) is 11.9 Å². The number of carbonyl (C=O) groups excluding carboxylic acids is 2. The minimum absolute atomic E-state index is 0.168. The van der Waals surface area contributed by atoms with Crippen molar-refractivity contribution in [3.63, 3.8) is 0 Å². The SMILES string of the molecule is O=C(NC(C(=O)NCc1cccc(F)c1)c1ccccc1)c1ccccc1. The number of amides is 2. The molecule has 2 amide bonds. The van der Waals surface area contributed by atoms with E-state index < -0.39 is 6.04 Å². The summed E-state index contributed by atoms with van der Waals surface area (Å²) in [6.07, 6.45) is 0. The van der Waals surface area contributed by atoms with E-state index in [1.165, 1.54) is 12.1 Å². The van der Waals surface area contributed by atoms with Gasteiger partial charge in [-0.05, 0) is 35.4 Å². The Morgan fingerprint density at radius 3 is 2.19 bits per heavy atom. The highest BCUT2D eigenvalue weighted by Crippen LogP contribution is 2.15. The summed E-state index contributed by atoms with van der Waals surface area (Å²) in [7, 11) is 0. The van der Waals surface area contributed by atoms with Crippen molar-refractivity contribution < 1.29 is 14.0 Å². The Kier molecular flexibility index (Phi) is 5.94. The first kappa shape index (κ1) is 18.3. The predicted molar refractivity (Wildman–Crippen MR) is 101 cm³/mol. The molecule has 27 heavy (non-hydrogen) atoms. The summed E-state index contributed by atoms with van der Waals surface area (Å²) < 4.78 is 13.3. The number of hydrogen-bond acceptors (Lipinski definition) is 2. The third-order valence-electron chi connectivity index (χ3n) is 4.06.